The molecule has 0 aliphatic rings. The summed E-state index contributed by atoms with van der Waals surface area (Å²) in [7, 11) is 0. The van der Waals surface area contributed by atoms with Gasteiger partial charge in [0.2, 0.25) is 0 Å². The van der Waals surface area contributed by atoms with Gasteiger partial charge in [-0.05, 0) is 43.7 Å². The number of benzene rings is 1. The zero-order valence-electron chi connectivity index (χ0n) is 12.7. The second-order valence-electron chi connectivity index (χ2n) is 5.15. The van der Waals surface area contributed by atoms with Crippen molar-refractivity contribution in [3.05, 3.63) is 54.0 Å². The maximum atomic E-state index is 12.1. The Morgan fingerprint density at radius 2 is 2.14 bits per heavy atom. The Balaban J connectivity index is 2.04. The first-order chi connectivity index (χ1) is 10.7. The van der Waals surface area contributed by atoms with Crippen molar-refractivity contribution in [2.45, 2.75) is 20.3 Å². The summed E-state index contributed by atoms with van der Waals surface area (Å²) in [6, 6.07) is 11.3. The Labute approximate surface area is 129 Å². The lowest BCUT2D eigenvalue weighted by Crippen LogP contribution is -2.24. The average Bonchev–Trinajstić information content (AvgIpc) is 2.88. The van der Waals surface area contributed by atoms with Crippen LogP contribution in [0.25, 0.3) is 16.9 Å². The highest BCUT2D eigenvalue weighted by molar-refractivity contribution is 5.94. The molecule has 0 bridgehead atoms. The van der Waals surface area contributed by atoms with E-state index in [9.17, 15) is 4.79 Å². The Bertz CT molecular complexity index is 822. The maximum absolute atomic E-state index is 12.1. The topological polar surface area (TPSA) is 59.8 Å². The van der Waals surface area contributed by atoms with Crippen LogP contribution in [0.4, 0.5) is 0 Å². The Kier molecular flexibility index (Phi) is 3.87. The molecule has 0 unspecified atom stereocenters. The van der Waals surface area contributed by atoms with Gasteiger partial charge < -0.3 is 5.32 Å². The summed E-state index contributed by atoms with van der Waals surface area (Å²) in [4.78, 5) is 21.0. The zero-order valence-corrected chi connectivity index (χ0v) is 12.7. The molecule has 1 amide bonds. The van der Waals surface area contributed by atoms with E-state index in [1.54, 1.807) is 6.20 Å². The minimum Gasteiger partial charge on any atom is -0.352 e. The predicted molar refractivity (Wildman–Crippen MR) is 86.2 cm³/mol. The fraction of sp³-hybridized carbons (Fsp3) is 0.235. The van der Waals surface area contributed by atoms with Crippen molar-refractivity contribution in [3.8, 4) is 5.69 Å². The van der Waals surface area contributed by atoms with Gasteiger partial charge in [0, 0.05) is 24.0 Å². The van der Waals surface area contributed by atoms with E-state index in [1.165, 1.54) is 0 Å². The van der Waals surface area contributed by atoms with Crippen LogP contribution in [0.3, 0.4) is 0 Å². The Morgan fingerprint density at radius 3 is 2.95 bits per heavy atom. The maximum Gasteiger partial charge on any atom is 0.251 e. The van der Waals surface area contributed by atoms with E-state index >= 15 is 0 Å². The molecule has 0 saturated heterocycles. The van der Waals surface area contributed by atoms with Crippen LogP contribution >= 0.6 is 0 Å². The number of fused-ring (bicyclic) bond motifs is 1. The number of amides is 1. The van der Waals surface area contributed by atoms with Crippen LogP contribution < -0.4 is 5.32 Å². The van der Waals surface area contributed by atoms with Crippen LogP contribution in [0, 0.1) is 6.92 Å². The lowest BCUT2D eigenvalue weighted by molar-refractivity contribution is 0.0953. The third kappa shape index (κ3) is 2.57. The van der Waals surface area contributed by atoms with Crippen molar-refractivity contribution in [2.24, 2.45) is 0 Å². The number of carbonyl (C=O) groups is 1. The molecule has 0 atom stereocenters. The molecule has 0 aliphatic carbocycles. The van der Waals surface area contributed by atoms with Crippen LogP contribution in [0.5, 0.6) is 0 Å². The van der Waals surface area contributed by atoms with Crippen LogP contribution in [0.1, 0.15) is 29.5 Å². The standard InChI is InChI=1S/C17H18N4O/c1-3-9-19-17(22)13-6-4-7-14(11-13)21-12(2)20-15-8-5-10-18-16(15)21/h4-8,10-11H,3,9H2,1-2H3,(H,19,22). The number of aryl methyl sites for hydroxylation is 1. The van der Waals surface area contributed by atoms with Gasteiger partial charge in [0.15, 0.2) is 5.65 Å². The van der Waals surface area contributed by atoms with Gasteiger partial charge in [0.1, 0.15) is 11.3 Å². The number of aromatic nitrogens is 3. The van der Waals surface area contributed by atoms with Crippen molar-refractivity contribution in [3.63, 3.8) is 0 Å². The van der Waals surface area contributed by atoms with Gasteiger partial charge in [0.05, 0.1) is 0 Å². The largest absolute Gasteiger partial charge is 0.352 e. The van der Waals surface area contributed by atoms with Gasteiger partial charge in [-0.25, -0.2) is 9.97 Å². The van der Waals surface area contributed by atoms with Crippen LogP contribution in [0.2, 0.25) is 0 Å². The quantitative estimate of drug-likeness (QED) is 0.805. The molecule has 3 aromatic rings. The van der Waals surface area contributed by atoms with Crippen molar-refractivity contribution in [1.82, 2.24) is 19.9 Å². The predicted octanol–water partition coefficient (Wildman–Crippen LogP) is 2.87. The smallest absolute Gasteiger partial charge is 0.251 e. The van der Waals surface area contributed by atoms with Crippen molar-refractivity contribution >= 4 is 17.1 Å². The molecule has 0 saturated carbocycles. The number of nitrogens with one attached hydrogen (secondary N) is 1. The monoisotopic (exact) mass is 294 g/mol. The van der Waals surface area contributed by atoms with E-state index in [1.807, 2.05) is 54.8 Å². The Hall–Kier alpha value is -2.69. The molecular weight excluding hydrogens is 276 g/mol. The average molecular weight is 294 g/mol. The number of carbonyl (C=O) groups excluding carboxylic acids is 1. The summed E-state index contributed by atoms with van der Waals surface area (Å²) in [6.07, 6.45) is 2.67. The molecule has 5 nitrogen and oxygen atoms in total. The molecule has 2 aromatic heterocycles. The summed E-state index contributed by atoms with van der Waals surface area (Å²) in [5.74, 6) is 0.790. The fourth-order valence-corrected chi connectivity index (χ4v) is 2.46. The summed E-state index contributed by atoms with van der Waals surface area (Å²) in [5, 5.41) is 2.89. The van der Waals surface area contributed by atoms with E-state index in [2.05, 4.69) is 15.3 Å². The zero-order chi connectivity index (χ0) is 15.5. The molecule has 1 N–H and O–H groups in total. The highest BCUT2D eigenvalue weighted by Gasteiger charge is 2.12. The third-order valence-corrected chi connectivity index (χ3v) is 3.49. The summed E-state index contributed by atoms with van der Waals surface area (Å²) in [6.45, 7) is 4.65. The van der Waals surface area contributed by atoms with Crippen molar-refractivity contribution in [2.75, 3.05) is 6.54 Å². The number of hydrogen-bond donors (Lipinski definition) is 1. The molecule has 0 aliphatic heterocycles. The van der Waals surface area contributed by atoms with Gasteiger partial charge in [0.25, 0.3) is 5.91 Å². The molecule has 22 heavy (non-hydrogen) atoms. The van der Waals surface area contributed by atoms with Gasteiger partial charge in [-0.1, -0.05) is 13.0 Å². The summed E-state index contributed by atoms with van der Waals surface area (Å²) >= 11 is 0. The second-order valence-corrected chi connectivity index (χ2v) is 5.15. The van der Waals surface area contributed by atoms with E-state index in [-0.39, 0.29) is 5.91 Å². The van der Waals surface area contributed by atoms with Crippen LogP contribution in [-0.4, -0.2) is 27.0 Å². The normalized spacial score (nSPS) is 10.8. The van der Waals surface area contributed by atoms with Crippen LogP contribution in [0.15, 0.2) is 42.6 Å². The fourth-order valence-electron chi connectivity index (χ4n) is 2.46. The van der Waals surface area contributed by atoms with E-state index in [0.717, 1.165) is 29.1 Å². The van der Waals surface area contributed by atoms with E-state index < -0.39 is 0 Å². The molecule has 0 radical (unpaired) electrons. The van der Waals surface area contributed by atoms with E-state index in [4.69, 9.17) is 0 Å². The lowest BCUT2D eigenvalue weighted by atomic mass is 10.2. The number of imidazole rings is 1. The first kappa shape index (κ1) is 14.3. The highest BCUT2D eigenvalue weighted by Crippen LogP contribution is 2.20. The highest BCUT2D eigenvalue weighted by atomic mass is 16.1. The number of rotatable bonds is 4. The summed E-state index contributed by atoms with van der Waals surface area (Å²) in [5.41, 5.74) is 3.18. The minimum atomic E-state index is -0.0567. The van der Waals surface area contributed by atoms with Crippen LogP contribution in [-0.2, 0) is 0 Å². The molecule has 112 valence electrons. The molecule has 0 fully saturated rings. The van der Waals surface area contributed by atoms with Gasteiger partial charge in [-0.2, -0.15) is 0 Å². The molecule has 5 heteroatoms. The number of pyridine rings is 1. The van der Waals surface area contributed by atoms with Crippen molar-refractivity contribution in [1.29, 1.82) is 0 Å². The molecule has 0 spiro atoms. The Morgan fingerprint density at radius 1 is 1.27 bits per heavy atom. The van der Waals surface area contributed by atoms with Gasteiger partial charge in [-0.15, -0.1) is 0 Å². The first-order valence-electron chi connectivity index (χ1n) is 7.39. The summed E-state index contributed by atoms with van der Waals surface area (Å²) < 4.78 is 1.96. The molecular formula is C17H18N4O. The molecule has 3 rings (SSSR count). The molecule has 2 heterocycles. The lowest BCUT2D eigenvalue weighted by Gasteiger charge is -2.09. The van der Waals surface area contributed by atoms with E-state index in [0.29, 0.717) is 12.1 Å². The second kappa shape index (κ2) is 5.97. The first-order valence-corrected chi connectivity index (χ1v) is 7.39. The van der Waals surface area contributed by atoms with Crippen molar-refractivity contribution < 1.29 is 4.79 Å². The van der Waals surface area contributed by atoms with Gasteiger partial charge in [-0.3, -0.25) is 9.36 Å². The SMILES string of the molecule is CCCNC(=O)c1cccc(-n2c(C)nc3cccnc32)c1. The molecule has 1 aromatic carbocycles. The number of hydrogen-bond acceptors (Lipinski definition) is 3. The minimum absolute atomic E-state index is 0.0567. The third-order valence-electron chi connectivity index (χ3n) is 3.49. The van der Waals surface area contributed by atoms with Gasteiger partial charge >= 0.3 is 0 Å². The number of nitrogens with zero attached hydrogens (tertiary/aromatic N) is 3.